The number of fused-ring (bicyclic) bond motifs is 2. The summed E-state index contributed by atoms with van der Waals surface area (Å²) < 4.78 is 15.7. The molecule has 0 spiro atoms. The van der Waals surface area contributed by atoms with Crippen molar-refractivity contribution in [2.24, 2.45) is 0 Å². The van der Waals surface area contributed by atoms with Crippen LogP contribution in [-0.2, 0) is 13.0 Å². The molecule has 0 bridgehead atoms. The zero-order valence-corrected chi connectivity index (χ0v) is 16.9. The van der Waals surface area contributed by atoms with Crippen molar-refractivity contribution in [1.29, 1.82) is 0 Å². The topological polar surface area (TPSA) is 27.2 Å². The second-order valence-corrected chi connectivity index (χ2v) is 7.94. The summed E-state index contributed by atoms with van der Waals surface area (Å²) in [6.45, 7) is 5.64. The maximum Gasteiger partial charge on any atom is 0.123 e. The van der Waals surface area contributed by atoms with Gasteiger partial charge < -0.3 is 14.5 Å². The molecular formula is C25H25FN4. The maximum absolute atomic E-state index is 13.6. The number of rotatable bonds is 5. The molecule has 4 aromatic rings. The van der Waals surface area contributed by atoms with Crippen LogP contribution in [0.3, 0.4) is 0 Å². The summed E-state index contributed by atoms with van der Waals surface area (Å²) in [6.07, 6.45) is 10.5. The fourth-order valence-corrected chi connectivity index (χ4v) is 4.57. The van der Waals surface area contributed by atoms with Crippen molar-refractivity contribution in [3.8, 4) is 12.3 Å². The number of aromatic amines is 1. The van der Waals surface area contributed by atoms with E-state index >= 15 is 0 Å². The molecule has 0 atom stereocenters. The highest BCUT2D eigenvalue weighted by molar-refractivity contribution is 5.93. The summed E-state index contributed by atoms with van der Waals surface area (Å²) in [5.41, 5.74) is 4.67. The lowest BCUT2D eigenvalue weighted by molar-refractivity contribution is 0.261. The predicted octanol–water partition coefficient (Wildman–Crippen LogP) is 4.26. The number of hydrogen-bond donors (Lipinski definition) is 1. The highest BCUT2D eigenvalue weighted by Crippen LogP contribution is 2.29. The lowest BCUT2D eigenvalue weighted by Crippen LogP contribution is -2.47. The van der Waals surface area contributed by atoms with Crippen molar-refractivity contribution in [3.63, 3.8) is 0 Å². The molecule has 0 saturated carbocycles. The lowest BCUT2D eigenvalue weighted by Gasteiger charge is -2.36. The van der Waals surface area contributed by atoms with Crippen LogP contribution < -0.4 is 4.90 Å². The Labute approximate surface area is 175 Å². The molecule has 4 nitrogen and oxygen atoms in total. The highest BCUT2D eigenvalue weighted by atomic mass is 19.1. The van der Waals surface area contributed by atoms with E-state index < -0.39 is 0 Å². The number of nitrogens with one attached hydrogen (secondary N) is 1. The van der Waals surface area contributed by atoms with E-state index in [0.717, 1.165) is 50.0 Å². The lowest BCUT2D eigenvalue weighted by atomic mass is 10.1. The van der Waals surface area contributed by atoms with Gasteiger partial charge in [-0.3, -0.25) is 4.90 Å². The van der Waals surface area contributed by atoms with Gasteiger partial charge in [-0.1, -0.05) is 12.0 Å². The molecule has 1 aliphatic rings. The molecule has 30 heavy (non-hydrogen) atoms. The predicted molar refractivity (Wildman–Crippen MR) is 121 cm³/mol. The molecule has 0 radical (unpaired) electrons. The number of anilines is 1. The number of terminal acetylenes is 1. The minimum atomic E-state index is -0.179. The summed E-state index contributed by atoms with van der Waals surface area (Å²) in [5.74, 6) is 2.55. The number of benzene rings is 2. The molecule has 3 heterocycles. The van der Waals surface area contributed by atoms with Crippen molar-refractivity contribution in [1.82, 2.24) is 14.5 Å². The zero-order chi connectivity index (χ0) is 20.5. The summed E-state index contributed by atoms with van der Waals surface area (Å²) in [4.78, 5) is 8.22. The molecule has 0 aliphatic carbocycles. The molecule has 5 heteroatoms. The summed E-state index contributed by atoms with van der Waals surface area (Å²) >= 11 is 0. The van der Waals surface area contributed by atoms with Gasteiger partial charge >= 0.3 is 0 Å². The van der Waals surface area contributed by atoms with Crippen LogP contribution in [0.5, 0.6) is 0 Å². The van der Waals surface area contributed by atoms with Crippen LogP contribution in [0, 0.1) is 18.2 Å². The quantitative estimate of drug-likeness (QED) is 0.507. The third-order valence-electron chi connectivity index (χ3n) is 6.19. The Kier molecular flexibility index (Phi) is 4.94. The number of H-pyrrole nitrogens is 1. The van der Waals surface area contributed by atoms with Gasteiger partial charge in [0.15, 0.2) is 0 Å². The van der Waals surface area contributed by atoms with Crippen molar-refractivity contribution in [2.75, 3.05) is 37.6 Å². The largest absolute Gasteiger partial charge is 0.368 e. The number of hydrogen-bond acceptors (Lipinski definition) is 2. The Morgan fingerprint density at radius 2 is 1.90 bits per heavy atom. The SMILES string of the molecule is C#CCn1ccc2c(N3CCN(CCc4c[nH]c5ccc(F)cc45)CC3)cccc21. The Bertz CT molecular complexity index is 1220. The molecular weight excluding hydrogens is 375 g/mol. The third-order valence-corrected chi connectivity index (χ3v) is 6.19. The van der Waals surface area contributed by atoms with E-state index in [1.807, 2.05) is 12.3 Å². The van der Waals surface area contributed by atoms with Crippen LogP contribution in [0.2, 0.25) is 0 Å². The molecule has 1 N–H and O–H groups in total. The molecule has 0 unspecified atom stereocenters. The molecule has 5 rings (SSSR count). The van der Waals surface area contributed by atoms with Crippen molar-refractivity contribution >= 4 is 27.5 Å². The second-order valence-electron chi connectivity index (χ2n) is 7.94. The molecule has 2 aromatic carbocycles. The van der Waals surface area contributed by atoms with Gasteiger partial charge in [-0.05, 0) is 48.4 Å². The first kappa shape index (κ1) is 18.8. The van der Waals surface area contributed by atoms with E-state index in [2.05, 4.69) is 55.7 Å². The monoisotopic (exact) mass is 400 g/mol. The third kappa shape index (κ3) is 3.44. The first-order valence-electron chi connectivity index (χ1n) is 10.5. The smallest absolute Gasteiger partial charge is 0.123 e. The molecule has 152 valence electrons. The van der Waals surface area contributed by atoms with Gasteiger partial charge in [0.05, 0.1) is 12.1 Å². The Balaban J connectivity index is 1.24. The van der Waals surface area contributed by atoms with Gasteiger partial charge in [0.25, 0.3) is 0 Å². The van der Waals surface area contributed by atoms with E-state index in [-0.39, 0.29) is 5.82 Å². The van der Waals surface area contributed by atoms with Crippen LogP contribution in [0.25, 0.3) is 21.8 Å². The number of halogens is 1. The molecule has 1 saturated heterocycles. The average molecular weight is 401 g/mol. The Hall–Kier alpha value is -3.23. The fourth-order valence-electron chi connectivity index (χ4n) is 4.57. The van der Waals surface area contributed by atoms with Crippen molar-refractivity contribution in [2.45, 2.75) is 13.0 Å². The first-order valence-corrected chi connectivity index (χ1v) is 10.5. The van der Waals surface area contributed by atoms with Crippen LogP contribution in [0.4, 0.5) is 10.1 Å². The minimum absolute atomic E-state index is 0.179. The summed E-state index contributed by atoms with van der Waals surface area (Å²) in [6, 6.07) is 13.6. The Morgan fingerprint density at radius 1 is 1.03 bits per heavy atom. The van der Waals surface area contributed by atoms with Gasteiger partial charge in [0, 0.05) is 67.1 Å². The molecule has 2 aromatic heterocycles. The van der Waals surface area contributed by atoms with Crippen molar-refractivity contribution in [3.05, 3.63) is 66.2 Å². The van der Waals surface area contributed by atoms with Crippen LogP contribution in [0.15, 0.2) is 54.9 Å². The van der Waals surface area contributed by atoms with Crippen molar-refractivity contribution < 1.29 is 4.39 Å². The maximum atomic E-state index is 13.6. The van der Waals surface area contributed by atoms with E-state index in [9.17, 15) is 4.39 Å². The number of aromatic nitrogens is 2. The highest BCUT2D eigenvalue weighted by Gasteiger charge is 2.19. The van der Waals surface area contributed by atoms with Crippen LogP contribution in [-0.4, -0.2) is 47.2 Å². The normalized spacial score (nSPS) is 15.1. The van der Waals surface area contributed by atoms with Gasteiger partial charge in [0.2, 0.25) is 0 Å². The van der Waals surface area contributed by atoms with Gasteiger partial charge in [-0.15, -0.1) is 6.42 Å². The molecule has 0 amide bonds. The van der Waals surface area contributed by atoms with Crippen LogP contribution in [0.1, 0.15) is 5.56 Å². The molecule has 1 aliphatic heterocycles. The fraction of sp³-hybridized carbons (Fsp3) is 0.280. The van der Waals surface area contributed by atoms with Gasteiger partial charge in [-0.2, -0.15) is 0 Å². The summed E-state index contributed by atoms with van der Waals surface area (Å²) in [5, 5.41) is 2.26. The first-order chi connectivity index (χ1) is 14.7. The number of nitrogens with zero attached hydrogens (tertiary/aromatic N) is 3. The van der Waals surface area contributed by atoms with E-state index in [1.54, 1.807) is 6.07 Å². The van der Waals surface area contributed by atoms with E-state index in [0.29, 0.717) is 6.54 Å². The minimum Gasteiger partial charge on any atom is -0.368 e. The Morgan fingerprint density at radius 3 is 2.73 bits per heavy atom. The second kappa shape index (κ2) is 7.89. The van der Waals surface area contributed by atoms with Gasteiger partial charge in [-0.25, -0.2) is 4.39 Å². The standard InChI is InChI=1S/C25H25FN4/c1-2-10-29-12-9-21-24(29)4-3-5-25(21)30-15-13-28(14-16-30)11-8-19-18-27-23-7-6-20(26)17-22(19)23/h1,3-7,9,12,17-18,27H,8,10-11,13-16H2. The average Bonchev–Trinajstić information content (AvgIpc) is 3.37. The van der Waals surface area contributed by atoms with Crippen LogP contribution >= 0.6 is 0 Å². The van der Waals surface area contributed by atoms with Gasteiger partial charge in [0.1, 0.15) is 5.82 Å². The van der Waals surface area contributed by atoms with E-state index in [4.69, 9.17) is 6.42 Å². The van der Waals surface area contributed by atoms with E-state index in [1.165, 1.54) is 28.2 Å². The molecule has 1 fully saturated rings. The summed E-state index contributed by atoms with van der Waals surface area (Å²) in [7, 11) is 0. The zero-order valence-electron chi connectivity index (χ0n) is 16.9. The number of piperazine rings is 1.